The second kappa shape index (κ2) is 9.96. The molecule has 1 fully saturated rings. The fourth-order valence-electron chi connectivity index (χ4n) is 3.51. The first-order valence-electron chi connectivity index (χ1n) is 9.98. The number of likely N-dealkylation sites (tertiary alicyclic amines) is 1. The highest BCUT2D eigenvalue weighted by atomic mass is 16.5. The maximum Gasteiger partial charge on any atom is 0.228 e. The van der Waals surface area contributed by atoms with Crippen LogP contribution in [-0.2, 0) is 16.1 Å². The SMILES string of the molecule is CCN(Cc1ccccc1)C(=O)C1CC(=O)N(CCOc2ccc(OC)cc2)C1. The summed E-state index contributed by atoms with van der Waals surface area (Å²) in [5.74, 6) is 1.27. The van der Waals surface area contributed by atoms with Crippen LogP contribution in [0.5, 0.6) is 11.5 Å². The Kier molecular flexibility index (Phi) is 7.11. The van der Waals surface area contributed by atoms with Gasteiger partial charge in [0, 0.05) is 26.1 Å². The van der Waals surface area contributed by atoms with Gasteiger partial charge in [0.2, 0.25) is 11.8 Å². The Morgan fingerprint density at radius 2 is 1.79 bits per heavy atom. The molecule has 1 atom stereocenters. The second-order valence-electron chi connectivity index (χ2n) is 7.10. The van der Waals surface area contributed by atoms with Gasteiger partial charge in [-0.3, -0.25) is 9.59 Å². The molecule has 0 spiro atoms. The average molecular weight is 396 g/mol. The predicted octanol–water partition coefficient (Wildman–Crippen LogP) is 2.97. The van der Waals surface area contributed by atoms with Crippen LogP contribution >= 0.6 is 0 Å². The van der Waals surface area contributed by atoms with E-state index in [1.165, 1.54) is 0 Å². The Hall–Kier alpha value is -3.02. The fourth-order valence-corrected chi connectivity index (χ4v) is 3.51. The Bertz CT molecular complexity index is 807. The lowest BCUT2D eigenvalue weighted by Gasteiger charge is -2.24. The monoisotopic (exact) mass is 396 g/mol. The van der Waals surface area contributed by atoms with Gasteiger partial charge in [0.05, 0.1) is 19.6 Å². The first kappa shape index (κ1) is 20.7. The van der Waals surface area contributed by atoms with E-state index in [4.69, 9.17) is 9.47 Å². The molecule has 29 heavy (non-hydrogen) atoms. The summed E-state index contributed by atoms with van der Waals surface area (Å²) in [5.41, 5.74) is 1.09. The Morgan fingerprint density at radius 1 is 1.10 bits per heavy atom. The number of hydrogen-bond donors (Lipinski definition) is 0. The van der Waals surface area contributed by atoms with Crippen molar-refractivity contribution < 1.29 is 19.1 Å². The summed E-state index contributed by atoms with van der Waals surface area (Å²) < 4.78 is 10.8. The van der Waals surface area contributed by atoms with Crippen LogP contribution in [0.2, 0.25) is 0 Å². The zero-order valence-electron chi connectivity index (χ0n) is 17.0. The zero-order valence-corrected chi connectivity index (χ0v) is 17.0. The van der Waals surface area contributed by atoms with Gasteiger partial charge < -0.3 is 19.3 Å². The first-order chi connectivity index (χ1) is 14.1. The number of amides is 2. The molecular weight excluding hydrogens is 368 g/mol. The topological polar surface area (TPSA) is 59.1 Å². The number of benzene rings is 2. The average Bonchev–Trinajstić information content (AvgIpc) is 3.13. The third-order valence-electron chi connectivity index (χ3n) is 5.16. The Morgan fingerprint density at radius 3 is 2.45 bits per heavy atom. The minimum atomic E-state index is -0.285. The molecule has 0 bridgehead atoms. The molecule has 2 aromatic carbocycles. The van der Waals surface area contributed by atoms with Crippen LogP contribution < -0.4 is 9.47 Å². The molecule has 0 saturated carbocycles. The maximum absolute atomic E-state index is 12.9. The van der Waals surface area contributed by atoms with Crippen LogP contribution in [0, 0.1) is 5.92 Å². The van der Waals surface area contributed by atoms with E-state index < -0.39 is 0 Å². The third kappa shape index (κ3) is 5.50. The number of carbonyl (C=O) groups excluding carboxylic acids is 2. The lowest BCUT2D eigenvalue weighted by Crippen LogP contribution is -2.37. The van der Waals surface area contributed by atoms with Crippen molar-refractivity contribution >= 4 is 11.8 Å². The Labute approximate surface area is 172 Å². The number of carbonyl (C=O) groups is 2. The van der Waals surface area contributed by atoms with E-state index >= 15 is 0 Å². The van der Waals surface area contributed by atoms with Gasteiger partial charge in [0.15, 0.2) is 0 Å². The van der Waals surface area contributed by atoms with E-state index in [9.17, 15) is 9.59 Å². The van der Waals surface area contributed by atoms with Crippen molar-refractivity contribution in [3.05, 3.63) is 60.2 Å². The summed E-state index contributed by atoms with van der Waals surface area (Å²) in [6, 6.07) is 17.3. The molecule has 2 amide bonds. The summed E-state index contributed by atoms with van der Waals surface area (Å²) in [5, 5.41) is 0. The van der Waals surface area contributed by atoms with Gasteiger partial charge in [-0.1, -0.05) is 30.3 Å². The zero-order chi connectivity index (χ0) is 20.6. The highest BCUT2D eigenvalue weighted by molar-refractivity contribution is 5.89. The summed E-state index contributed by atoms with van der Waals surface area (Å²) >= 11 is 0. The van der Waals surface area contributed by atoms with Crippen LogP contribution in [0.4, 0.5) is 0 Å². The quantitative estimate of drug-likeness (QED) is 0.654. The second-order valence-corrected chi connectivity index (χ2v) is 7.10. The van der Waals surface area contributed by atoms with Crippen LogP contribution in [-0.4, -0.2) is 55.0 Å². The molecule has 0 N–H and O–H groups in total. The lowest BCUT2D eigenvalue weighted by atomic mass is 10.1. The van der Waals surface area contributed by atoms with Gasteiger partial charge >= 0.3 is 0 Å². The maximum atomic E-state index is 12.9. The molecule has 0 aromatic heterocycles. The van der Waals surface area contributed by atoms with E-state index in [2.05, 4.69) is 0 Å². The van der Waals surface area contributed by atoms with Crippen molar-refractivity contribution in [3.8, 4) is 11.5 Å². The molecule has 3 rings (SSSR count). The van der Waals surface area contributed by atoms with Gasteiger partial charge in [-0.2, -0.15) is 0 Å². The molecule has 1 aliphatic heterocycles. The molecule has 6 nitrogen and oxygen atoms in total. The number of rotatable bonds is 9. The minimum Gasteiger partial charge on any atom is -0.497 e. The molecule has 6 heteroatoms. The number of nitrogens with zero attached hydrogens (tertiary/aromatic N) is 2. The highest BCUT2D eigenvalue weighted by Gasteiger charge is 2.36. The number of ether oxygens (including phenoxy) is 2. The van der Waals surface area contributed by atoms with Crippen molar-refractivity contribution in [2.45, 2.75) is 19.9 Å². The van der Waals surface area contributed by atoms with Gasteiger partial charge in [-0.15, -0.1) is 0 Å². The van der Waals surface area contributed by atoms with Crippen LogP contribution in [0.15, 0.2) is 54.6 Å². The molecular formula is C23H28N2O4. The smallest absolute Gasteiger partial charge is 0.228 e. The third-order valence-corrected chi connectivity index (χ3v) is 5.16. The van der Waals surface area contributed by atoms with Crippen molar-refractivity contribution in [2.75, 3.05) is 33.4 Å². The normalized spacial score (nSPS) is 16.0. The van der Waals surface area contributed by atoms with Gasteiger partial charge in [-0.25, -0.2) is 0 Å². The van der Waals surface area contributed by atoms with Gasteiger partial charge in [0.25, 0.3) is 0 Å². The van der Waals surface area contributed by atoms with Crippen LogP contribution in [0.3, 0.4) is 0 Å². The molecule has 2 aromatic rings. The van der Waals surface area contributed by atoms with E-state index in [0.717, 1.165) is 17.1 Å². The first-order valence-corrected chi connectivity index (χ1v) is 9.98. The van der Waals surface area contributed by atoms with E-state index in [0.29, 0.717) is 32.8 Å². The van der Waals surface area contributed by atoms with Crippen molar-refractivity contribution in [1.82, 2.24) is 9.80 Å². The van der Waals surface area contributed by atoms with E-state index in [1.807, 2.05) is 66.4 Å². The summed E-state index contributed by atoms with van der Waals surface area (Å²) in [4.78, 5) is 28.8. The molecule has 154 valence electrons. The van der Waals surface area contributed by atoms with Crippen LogP contribution in [0.25, 0.3) is 0 Å². The molecule has 1 unspecified atom stereocenters. The molecule has 0 radical (unpaired) electrons. The molecule has 1 saturated heterocycles. The van der Waals surface area contributed by atoms with Crippen molar-refractivity contribution in [3.63, 3.8) is 0 Å². The minimum absolute atomic E-state index is 0.0115. The molecule has 0 aliphatic carbocycles. The number of hydrogen-bond acceptors (Lipinski definition) is 4. The van der Waals surface area contributed by atoms with Crippen molar-refractivity contribution in [1.29, 1.82) is 0 Å². The summed E-state index contributed by atoms with van der Waals surface area (Å²) in [6.07, 6.45) is 0.270. The largest absolute Gasteiger partial charge is 0.497 e. The predicted molar refractivity (Wildman–Crippen MR) is 111 cm³/mol. The van der Waals surface area contributed by atoms with Crippen LogP contribution in [0.1, 0.15) is 18.9 Å². The summed E-state index contributed by atoms with van der Waals surface area (Å²) in [7, 11) is 1.62. The van der Waals surface area contributed by atoms with Crippen molar-refractivity contribution in [2.24, 2.45) is 5.92 Å². The lowest BCUT2D eigenvalue weighted by molar-refractivity contribution is -0.136. The van der Waals surface area contributed by atoms with E-state index in [1.54, 1.807) is 12.0 Å². The van der Waals surface area contributed by atoms with Gasteiger partial charge in [0.1, 0.15) is 18.1 Å². The molecule has 1 aliphatic rings. The highest BCUT2D eigenvalue weighted by Crippen LogP contribution is 2.22. The standard InChI is InChI=1S/C23H28N2O4/c1-3-24(16-18-7-5-4-6-8-18)23(27)19-15-22(26)25(17-19)13-14-29-21-11-9-20(28-2)10-12-21/h4-12,19H,3,13-17H2,1-2H3. The van der Waals surface area contributed by atoms with E-state index in [-0.39, 0.29) is 24.2 Å². The van der Waals surface area contributed by atoms with Gasteiger partial charge in [-0.05, 0) is 36.8 Å². The fraction of sp³-hybridized carbons (Fsp3) is 0.391. The number of methoxy groups -OCH3 is 1. The summed E-state index contributed by atoms with van der Waals surface area (Å²) in [6.45, 7) is 4.48. The Balaban J connectivity index is 1.49. The molecule has 1 heterocycles.